The van der Waals surface area contributed by atoms with Gasteiger partial charge in [-0.1, -0.05) is 39.5 Å². The number of carbonyl (C=O) groups is 4. The topological polar surface area (TPSA) is 77.5 Å². The van der Waals surface area contributed by atoms with Crippen LogP contribution in [-0.2, 0) is 23.9 Å². The van der Waals surface area contributed by atoms with Gasteiger partial charge in [-0.2, -0.15) is 0 Å². The molecule has 5 nitrogen and oxygen atoms in total. The zero-order chi connectivity index (χ0) is 25.6. The molecular weight excluding hydrogens is 492 g/mol. The van der Waals surface area contributed by atoms with Crippen molar-refractivity contribution in [3.8, 4) is 0 Å². The molecule has 1 spiro atoms. The van der Waals surface area contributed by atoms with Crippen LogP contribution in [0.1, 0.15) is 91.9 Å². The largest absolute Gasteiger partial charge is 0.458 e. The normalized spacial score (nSPS) is 46.7. The quantitative estimate of drug-likeness (QED) is 0.407. The molecule has 196 valence electrons. The summed E-state index contributed by atoms with van der Waals surface area (Å²) < 4.78 is 6.26. The molecule has 0 amide bonds. The van der Waals surface area contributed by atoms with Gasteiger partial charge >= 0.3 is 5.97 Å². The number of fused-ring (bicyclic) bond motifs is 9. The summed E-state index contributed by atoms with van der Waals surface area (Å²) in [6.45, 7) is 8.51. The molecule has 4 saturated carbocycles. The lowest BCUT2D eigenvalue weighted by Gasteiger charge is -2.62. The van der Waals surface area contributed by atoms with Crippen molar-refractivity contribution >= 4 is 45.5 Å². The van der Waals surface area contributed by atoms with Crippen LogP contribution in [0.3, 0.4) is 0 Å². The molecule has 6 rings (SSSR count). The van der Waals surface area contributed by atoms with Crippen LogP contribution in [0.15, 0.2) is 10.5 Å². The van der Waals surface area contributed by atoms with Gasteiger partial charge in [0.2, 0.25) is 0 Å². The zero-order valence-electron chi connectivity index (χ0n) is 21.9. The molecule has 5 fully saturated rings. The number of esters is 1. The number of thioether (sulfide) groups is 2. The summed E-state index contributed by atoms with van der Waals surface area (Å²) in [7, 11) is 0. The second kappa shape index (κ2) is 8.46. The highest BCUT2D eigenvalue weighted by atomic mass is 32.2. The van der Waals surface area contributed by atoms with Crippen molar-refractivity contribution < 1.29 is 23.9 Å². The number of rotatable bonds is 4. The highest BCUT2D eigenvalue weighted by molar-refractivity contribution is 8.17. The van der Waals surface area contributed by atoms with Gasteiger partial charge in [0.25, 0.3) is 0 Å². The molecule has 0 radical (unpaired) electrons. The van der Waals surface area contributed by atoms with Crippen LogP contribution >= 0.6 is 23.5 Å². The Labute approximate surface area is 222 Å². The third-order valence-corrected chi connectivity index (χ3v) is 13.8. The van der Waals surface area contributed by atoms with Gasteiger partial charge in [-0.05, 0) is 84.9 Å². The summed E-state index contributed by atoms with van der Waals surface area (Å²) in [5.74, 6) is 2.31. The average molecular weight is 531 g/mol. The maximum Gasteiger partial charge on any atom is 0.306 e. The van der Waals surface area contributed by atoms with Crippen LogP contribution in [0, 0.1) is 40.4 Å². The number of hydrogen-bond donors (Lipinski definition) is 0. The Hall–Kier alpha value is -1.08. The van der Waals surface area contributed by atoms with E-state index < -0.39 is 0 Å². The molecule has 1 heterocycles. The van der Waals surface area contributed by atoms with E-state index in [1.807, 2.05) is 13.8 Å². The van der Waals surface area contributed by atoms with Gasteiger partial charge in [0.15, 0.2) is 16.0 Å². The summed E-state index contributed by atoms with van der Waals surface area (Å²) in [4.78, 5) is 51.6. The first-order valence-electron chi connectivity index (χ1n) is 14.0. The van der Waals surface area contributed by atoms with Crippen molar-refractivity contribution in [1.29, 1.82) is 0 Å². The summed E-state index contributed by atoms with van der Waals surface area (Å²) in [5, 5.41) is 0.370. The molecule has 6 aliphatic rings. The minimum absolute atomic E-state index is 0.0365. The number of ether oxygens (including phenoxy) is 1. The Kier molecular flexibility index (Phi) is 5.92. The van der Waals surface area contributed by atoms with Crippen LogP contribution in [0.25, 0.3) is 0 Å². The first-order valence-corrected chi connectivity index (χ1v) is 15.7. The molecule has 0 bridgehead atoms. The number of allylic oxidation sites excluding steroid dienone is 1. The maximum absolute atomic E-state index is 13.1. The Morgan fingerprint density at radius 2 is 1.75 bits per heavy atom. The summed E-state index contributed by atoms with van der Waals surface area (Å²) in [5.41, 5.74) is 0.682. The van der Waals surface area contributed by atoms with E-state index in [-0.39, 0.29) is 43.7 Å². The van der Waals surface area contributed by atoms with Crippen LogP contribution in [-0.4, -0.2) is 32.8 Å². The highest BCUT2D eigenvalue weighted by Gasteiger charge is 2.79. The fraction of sp³-hybridized carbons (Fsp3) is 0.793. The SMILES string of the molecule is CCC(=O)SC1=C2C[C@@H](SC(=O)CC)C3C(CCC4(C)C3C3CC3[C@]43CCC(=O)O3)C2(C)CCC1=O. The Morgan fingerprint density at radius 3 is 2.42 bits per heavy atom. The minimum atomic E-state index is -0.317. The number of ketones is 1. The lowest BCUT2D eigenvalue weighted by Crippen LogP contribution is -2.59. The summed E-state index contributed by atoms with van der Waals surface area (Å²) in [6, 6.07) is 0. The fourth-order valence-corrected chi connectivity index (χ4v) is 11.9. The van der Waals surface area contributed by atoms with Crippen molar-refractivity contribution in [1.82, 2.24) is 0 Å². The lowest BCUT2D eigenvalue weighted by atomic mass is 9.45. The van der Waals surface area contributed by atoms with E-state index in [1.165, 1.54) is 11.8 Å². The van der Waals surface area contributed by atoms with Crippen LogP contribution in [0.4, 0.5) is 0 Å². The Bertz CT molecular complexity index is 1080. The van der Waals surface area contributed by atoms with Gasteiger partial charge < -0.3 is 4.74 Å². The van der Waals surface area contributed by atoms with Crippen molar-refractivity contribution in [2.45, 2.75) is 103 Å². The van der Waals surface area contributed by atoms with E-state index in [2.05, 4.69) is 13.8 Å². The van der Waals surface area contributed by atoms with Gasteiger partial charge in [-0.15, -0.1) is 0 Å². The van der Waals surface area contributed by atoms with E-state index >= 15 is 0 Å². The first kappa shape index (κ1) is 25.2. The molecule has 36 heavy (non-hydrogen) atoms. The molecule has 1 saturated heterocycles. The second-order valence-electron chi connectivity index (χ2n) is 12.6. The van der Waals surface area contributed by atoms with E-state index in [9.17, 15) is 19.2 Å². The number of Topliss-reactive ketones (excluding diaryl/α,β-unsaturated/α-hetero) is 1. The van der Waals surface area contributed by atoms with Crippen molar-refractivity contribution in [3.05, 3.63) is 10.5 Å². The number of hydrogen-bond acceptors (Lipinski definition) is 7. The second-order valence-corrected chi connectivity index (χ2v) is 15.0. The zero-order valence-corrected chi connectivity index (χ0v) is 23.5. The lowest BCUT2D eigenvalue weighted by molar-refractivity contribution is -0.176. The van der Waals surface area contributed by atoms with Crippen LogP contribution < -0.4 is 0 Å². The van der Waals surface area contributed by atoms with E-state index in [0.29, 0.717) is 60.2 Å². The predicted molar refractivity (Wildman–Crippen MR) is 141 cm³/mol. The van der Waals surface area contributed by atoms with E-state index in [4.69, 9.17) is 4.74 Å². The third-order valence-electron chi connectivity index (χ3n) is 11.3. The molecule has 1 aliphatic heterocycles. The van der Waals surface area contributed by atoms with Crippen molar-refractivity contribution in [2.75, 3.05) is 0 Å². The average Bonchev–Trinajstić information content (AvgIpc) is 3.49. The molecule has 0 aromatic rings. The van der Waals surface area contributed by atoms with Crippen molar-refractivity contribution in [2.24, 2.45) is 40.4 Å². The molecule has 5 aliphatic carbocycles. The van der Waals surface area contributed by atoms with Crippen LogP contribution in [0.2, 0.25) is 0 Å². The summed E-state index contributed by atoms with van der Waals surface area (Å²) in [6.07, 6.45) is 7.55. The number of carbonyl (C=O) groups excluding carboxylic acids is 4. The monoisotopic (exact) mass is 530 g/mol. The smallest absolute Gasteiger partial charge is 0.306 e. The molecular formula is C29H38O5S2. The molecule has 0 N–H and O–H groups in total. The molecule has 7 heteroatoms. The van der Waals surface area contributed by atoms with Gasteiger partial charge in [-0.25, -0.2) is 0 Å². The predicted octanol–water partition coefficient (Wildman–Crippen LogP) is 6.10. The van der Waals surface area contributed by atoms with Gasteiger partial charge in [0, 0.05) is 42.3 Å². The molecule has 0 aromatic heterocycles. The van der Waals surface area contributed by atoms with E-state index in [1.54, 1.807) is 0 Å². The molecule has 9 atom stereocenters. The summed E-state index contributed by atoms with van der Waals surface area (Å²) >= 11 is 2.66. The van der Waals surface area contributed by atoms with Gasteiger partial charge in [-0.3, -0.25) is 19.2 Å². The molecule has 0 aromatic carbocycles. The van der Waals surface area contributed by atoms with Gasteiger partial charge in [0.05, 0.1) is 4.91 Å². The first-order chi connectivity index (χ1) is 17.1. The van der Waals surface area contributed by atoms with Crippen LogP contribution in [0.5, 0.6) is 0 Å². The van der Waals surface area contributed by atoms with Crippen molar-refractivity contribution in [3.63, 3.8) is 0 Å². The third kappa shape index (κ3) is 3.29. The fourth-order valence-electron chi connectivity index (χ4n) is 9.62. The maximum atomic E-state index is 13.1. The Morgan fingerprint density at radius 1 is 1.00 bits per heavy atom. The minimum Gasteiger partial charge on any atom is -0.458 e. The molecule has 7 unspecified atom stereocenters. The Balaban J connectivity index is 1.45. The standard InChI is InChI=1S/C29H38O5S2/c1-5-22(32)35-20-14-18-26(36-23(33)6-2)19(30)8-10-27(18,3)16-7-11-28(4)25(24(16)20)15-13-17(15)29(28)12-9-21(31)34-29/h15-17,20,24-25H,5-14H2,1-4H3/t15?,16?,17?,20-,24?,25?,27?,28?,29-/m1/s1. The van der Waals surface area contributed by atoms with E-state index in [0.717, 1.165) is 55.9 Å². The van der Waals surface area contributed by atoms with Gasteiger partial charge in [0.1, 0.15) is 5.60 Å². The highest BCUT2D eigenvalue weighted by Crippen LogP contribution is 2.80.